The summed E-state index contributed by atoms with van der Waals surface area (Å²) in [4.78, 5) is 14.7. The van der Waals surface area contributed by atoms with Gasteiger partial charge in [0.05, 0.1) is 27.0 Å². The molecule has 3 heterocycles. The molecule has 0 aliphatic carbocycles. The Hall–Kier alpha value is -2.39. The summed E-state index contributed by atoms with van der Waals surface area (Å²) >= 11 is 8.86. The summed E-state index contributed by atoms with van der Waals surface area (Å²) in [5, 5.41) is 16.9. The van der Waals surface area contributed by atoms with E-state index in [9.17, 15) is 9.50 Å². The van der Waals surface area contributed by atoms with Gasteiger partial charge in [-0.15, -0.1) is 22.7 Å². The largest absolute Gasteiger partial charge is 0.386 e. The average molecular weight is 489 g/mol. The second kappa shape index (κ2) is 10.0. The number of pyridine rings is 1. The average Bonchev–Trinajstić information content (AvgIpc) is 3.37. The van der Waals surface area contributed by atoms with E-state index in [4.69, 9.17) is 16.6 Å². The lowest BCUT2D eigenvalue weighted by molar-refractivity contribution is 0.198. The normalized spacial score (nSPS) is 12.2. The first-order valence-corrected chi connectivity index (χ1v) is 12.2. The molecule has 0 bridgehead atoms. The number of hydrogen-bond acceptors (Lipinski definition) is 7. The van der Waals surface area contributed by atoms with Gasteiger partial charge in [0.25, 0.3) is 0 Å². The topological polar surface area (TPSA) is 70.9 Å². The van der Waals surface area contributed by atoms with E-state index in [-0.39, 0.29) is 5.82 Å². The smallest absolute Gasteiger partial charge is 0.147 e. The van der Waals surface area contributed by atoms with Crippen LogP contribution in [-0.2, 0) is 12.8 Å². The fourth-order valence-electron chi connectivity index (χ4n) is 3.17. The molecule has 0 aliphatic rings. The third-order valence-corrected chi connectivity index (χ3v) is 7.27. The molecule has 4 rings (SSSR count). The molecule has 0 fully saturated rings. The van der Waals surface area contributed by atoms with Crippen molar-refractivity contribution in [2.45, 2.75) is 32.8 Å². The lowest BCUT2D eigenvalue weighted by atomic mass is 10.1. The molecule has 32 heavy (non-hydrogen) atoms. The molecule has 2 N–H and O–H groups in total. The minimum atomic E-state index is -0.575. The molecule has 0 saturated heterocycles. The maximum Gasteiger partial charge on any atom is 0.147 e. The Balaban J connectivity index is 1.34. The summed E-state index contributed by atoms with van der Waals surface area (Å²) in [7, 11) is 0. The molecule has 0 spiro atoms. The Morgan fingerprint density at radius 3 is 2.75 bits per heavy atom. The molecule has 0 saturated carbocycles. The molecule has 0 radical (unpaired) electrons. The molecule has 5 nitrogen and oxygen atoms in total. The van der Waals surface area contributed by atoms with Gasteiger partial charge in [0.2, 0.25) is 0 Å². The van der Waals surface area contributed by atoms with Crippen molar-refractivity contribution in [3.8, 4) is 10.6 Å². The summed E-state index contributed by atoms with van der Waals surface area (Å²) in [5.74, 6) is -0.357. The van der Waals surface area contributed by atoms with Crippen molar-refractivity contribution >= 4 is 40.0 Å². The van der Waals surface area contributed by atoms with Crippen LogP contribution in [0, 0.1) is 12.7 Å². The number of nitrogens with zero attached hydrogens (tertiary/aromatic N) is 3. The van der Waals surface area contributed by atoms with Gasteiger partial charge in [0.15, 0.2) is 0 Å². The highest BCUT2D eigenvalue weighted by molar-refractivity contribution is 7.16. The van der Waals surface area contributed by atoms with Crippen LogP contribution in [0.15, 0.2) is 41.9 Å². The van der Waals surface area contributed by atoms with Gasteiger partial charge in [-0.2, -0.15) is 0 Å². The van der Waals surface area contributed by atoms with Crippen LogP contribution < -0.4 is 5.32 Å². The fourth-order valence-corrected chi connectivity index (χ4v) is 5.17. The predicted molar refractivity (Wildman–Crippen MR) is 129 cm³/mol. The van der Waals surface area contributed by atoms with Crippen LogP contribution in [0.5, 0.6) is 0 Å². The lowest BCUT2D eigenvalue weighted by Crippen LogP contribution is -2.06. The van der Waals surface area contributed by atoms with Gasteiger partial charge >= 0.3 is 0 Å². The van der Waals surface area contributed by atoms with Gasteiger partial charge < -0.3 is 10.4 Å². The van der Waals surface area contributed by atoms with Gasteiger partial charge in [0.1, 0.15) is 16.9 Å². The summed E-state index contributed by atoms with van der Waals surface area (Å²) in [6.07, 6.45) is 2.66. The van der Waals surface area contributed by atoms with Gasteiger partial charge in [-0.1, -0.05) is 17.7 Å². The lowest BCUT2D eigenvalue weighted by Gasteiger charge is -2.08. The Kier molecular flexibility index (Phi) is 7.15. The molecular formula is C23H22ClFN4OS2. The summed E-state index contributed by atoms with van der Waals surface area (Å²) in [6, 6.07) is 8.64. The van der Waals surface area contributed by atoms with Crippen LogP contribution in [0.1, 0.15) is 40.0 Å². The number of thiazole rings is 2. The van der Waals surface area contributed by atoms with Crippen molar-refractivity contribution in [2.24, 2.45) is 0 Å². The van der Waals surface area contributed by atoms with Crippen molar-refractivity contribution in [1.29, 1.82) is 0 Å². The number of nitrogens with one attached hydrogen (secondary N) is 1. The van der Waals surface area contributed by atoms with Gasteiger partial charge in [-0.3, -0.25) is 4.98 Å². The standard InChI is InChI=1S/C23H22ClFN4OS2/c1-13-22(32-23(28-13)14(2)30)20-12-31-21(29-20)10-17-5-3-15(11-27-17)7-8-26-19-6-4-16(24)9-18(19)25/h3-6,9,11-12,14,26,30H,7-8,10H2,1-2H3. The van der Waals surface area contributed by atoms with Gasteiger partial charge in [-0.25, -0.2) is 14.4 Å². The minimum Gasteiger partial charge on any atom is -0.386 e. The quantitative estimate of drug-likeness (QED) is 0.315. The van der Waals surface area contributed by atoms with E-state index in [2.05, 4.69) is 15.3 Å². The monoisotopic (exact) mass is 488 g/mol. The molecule has 9 heteroatoms. The van der Waals surface area contributed by atoms with Crippen LogP contribution in [0.3, 0.4) is 0 Å². The second-order valence-electron chi connectivity index (χ2n) is 7.40. The highest BCUT2D eigenvalue weighted by Gasteiger charge is 2.15. The Bertz CT molecular complexity index is 1210. The third kappa shape index (κ3) is 5.50. The number of benzene rings is 1. The van der Waals surface area contributed by atoms with E-state index in [1.807, 2.05) is 30.6 Å². The zero-order valence-corrected chi connectivity index (χ0v) is 20.0. The molecule has 1 atom stereocenters. The van der Waals surface area contributed by atoms with Gasteiger partial charge in [0, 0.05) is 35.3 Å². The van der Waals surface area contributed by atoms with Crippen molar-refractivity contribution < 1.29 is 9.50 Å². The Morgan fingerprint density at radius 2 is 2.06 bits per heavy atom. The molecule has 1 aromatic carbocycles. The molecule has 0 aliphatic heterocycles. The number of aliphatic hydroxyl groups excluding tert-OH is 1. The van der Waals surface area contributed by atoms with Gasteiger partial charge in [-0.05, 0) is 50.1 Å². The van der Waals surface area contributed by atoms with Crippen molar-refractivity contribution in [3.63, 3.8) is 0 Å². The molecule has 166 valence electrons. The first kappa shape index (κ1) is 22.8. The zero-order valence-electron chi connectivity index (χ0n) is 17.6. The molecule has 1 unspecified atom stereocenters. The van der Waals surface area contributed by atoms with Crippen molar-refractivity contribution in [2.75, 3.05) is 11.9 Å². The minimum absolute atomic E-state index is 0.357. The molecule has 4 aromatic rings. The summed E-state index contributed by atoms with van der Waals surface area (Å²) < 4.78 is 13.8. The predicted octanol–water partition coefficient (Wildman–Crippen LogP) is 6.06. The highest BCUT2D eigenvalue weighted by atomic mass is 35.5. The molecule has 3 aromatic heterocycles. The van der Waals surface area contributed by atoms with Crippen LogP contribution in [0.25, 0.3) is 10.6 Å². The second-order valence-corrected chi connectivity index (χ2v) is 9.81. The number of aromatic nitrogens is 3. The number of halogens is 2. The van der Waals surface area contributed by atoms with Crippen LogP contribution in [0.4, 0.5) is 10.1 Å². The highest BCUT2D eigenvalue weighted by Crippen LogP contribution is 2.33. The maximum absolute atomic E-state index is 13.8. The Morgan fingerprint density at radius 1 is 1.22 bits per heavy atom. The number of aryl methyl sites for hydroxylation is 1. The van der Waals surface area contributed by atoms with E-state index in [0.717, 1.165) is 39.0 Å². The van der Waals surface area contributed by atoms with E-state index in [0.29, 0.717) is 28.7 Å². The first-order valence-electron chi connectivity index (χ1n) is 10.1. The number of hydrogen-bond donors (Lipinski definition) is 2. The van der Waals surface area contributed by atoms with Crippen molar-refractivity contribution in [1.82, 2.24) is 15.0 Å². The number of anilines is 1. The number of rotatable bonds is 8. The van der Waals surface area contributed by atoms with Crippen molar-refractivity contribution in [3.05, 3.63) is 79.7 Å². The molecular weight excluding hydrogens is 467 g/mol. The third-order valence-electron chi connectivity index (χ3n) is 4.83. The molecule has 0 amide bonds. The zero-order chi connectivity index (χ0) is 22.7. The van der Waals surface area contributed by atoms with E-state index >= 15 is 0 Å². The fraction of sp³-hybridized carbons (Fsp3) is 0.261. The summed E-state index contributed by atoms with van der Waals surface area (Å²) in [5.41, 5.74) is 4.23. The van der Waals surface area contributed by atoms with Crippen LogP contribution in [-0.4, -0.2) is 26.6 Å². The van der Waals surface area contributed by atoms with E-state index in [1.165, 1.54) is 17.4 Å². The Labute approximate surface area is 199 Å². The van der Waals surface area contributed by atoms with Crippen LogP contribution >= 0.6 is 34.3 Å². The van der Waals surface area contributed by atoms with E-state index in [1.54, 1.807) is 30.4 Å². The first-order chi connectivity index (χ1) is 15.4. The number of aliphatic hydroxyl groups is 1. The van der Waals surface area contributed by atoms with Crippen LogP contribution in [0.2, 0.25) is 5.02 Å². The maximum atomic E-state index is 13.8. The van der Waals surface area contributed by atoms with E-state index < -0.39 is 6.10 Å². The summed E-state index contributed by atoms with van der Waals surface area (Å²) in [6.45, 7) is 4.25. The SMILES string of the molecule is Cc1nc(C(C)O)sc1-c1csc(Cc2ccc(CCNc3ccc(Cl)cc3F)cn2)n1.